The number of hydrogen-bond acceptors (Lipinski definition) is 7. The zero-order valence-corrected chi connectivity index (χ0v) is 15.9. The minimum atomic E-state index is -3.69. The molecule has 8 nitrogen and oxygen atoms in total. The number of sulfonamides is 1. The Balaban J connectivity index is 2.00. The number of benzene rings is 2. The van der Waals surface area contributed by atoms with Gasteiger partial charge in [-0.15, -0.1) is 0 Å². The maximum absolute atomic E-state index is 12.7. The first-order valence-electron chi connectivity index (χ1n) is 7.55. The molecule has 0 fully saturated rings. The summed E-state index contributed by atoms with van der Waals surface area (Å²) in [6, 6.07) is 10.3. The highest BCUT2D eigenvalue weighted by Crippen LogP contribution is 2.24. The number of anilines is 1. The Morgan fingerprint density at radius 3 is 2.22 bits per heavy atom. The van der Waals surface area contributed by atoms with Crippen LogP contribution < -0.4 is 14.3 Å². The van der Waals surface area contributed by atoms with Crippen molar-refractivity contribution in [2.75, 3.05) is 17.2 Å². The van der Waals surface area contributed by atoms with Crippen LogP contribution in [0.5, 0.6) is 5.75 Å². The Kier molecular flexibility index (Phi) is 4.70. The van der Waals surface area contributed by atoms with Crippen LogP contribution in [0.4, 0.5) is 5.69 Å². The normalized spacial score (nSPS) is 12.1. The maximum Gasteiger partial charge on any atom is 0.306 e. The first-order chi connectivity index (χ1) is 12.5. The van der Waals surface area contributed by atoms with Gasteiger partial charge in [-0.1, -0.05) is 12.1 Å². The zero-order valence-electron chi connectivity index (χ0n) is 14.3. The molecule has 0 spiro atoms. The Morgan fingerprint density at radius 1 is 0.963 bits per heavy atom. The lowest BCUT2D eigenvalue weighted by molar-refractivity contribution is 0.492. The van der Waals surface area contributed by atoms with E-state index < -0.39 is 20.1 Å². The van der Waals surface area contributed by atoms with Gasteiger partial charge < -0.3 is 8.60 Å². The maximum atomic E-state index is 12.7. The van der Waals surface area contributed by atoms with E-state index in [1.54, 1.807) is 12.1 Å². The molecule has 0 unspecified atom stereocenters. The average Bonchev–Trinajstić information content (AvgIpc) is 2.53. The average molecular weight is 409 g/mol. The van der Waals surface area contributed by atoms with Crippen LogP contribution in [0.15, 0.2) is 57.9 Å². The van der Waals surface area contributed by atoms with Gasteiger partial charge in [0, 0.05) is 11.8 Å². The Hall–Kier alpha value is -2.85. The fraction of sp³-hybridized carbons (Fsp3) is 0.118. The zero-order chi connectivity index (χ0) is 19.8. The first-order valence-corrected chi connectivity index (χ1v) is 11.3. The number of hydrogen-bond donors (Lipinski definition) is 1. The molecule has 1 aromatic heterocycles. The molecule has 3 rings (SSSR count). The van der Waals surface area contributed by atoms with Crippen molar-refractivity contribution in [2.24, 2.45) is 0 Å². The summed E-state index contributed by atoms with van der Waals surface area (Å²) in [6.07, 6.45) is 3.22. The molecule has 3 aromatic rings. The summed E-state index contributed by atoms with van der Waals surface area (Å²) in [7, 11) is -7.09. The number of rotatable bonds is 5. The lowest BCUT2D eigenvalue weighted by Crippen LogP contribution is -2.09. The molecule has 142 valence electrons. The Bertz CT molecular complexity index is 1280. The van der Waals surface area contributed by atoms with Gasteiger partial charge in [-0.3, -0.25) is 9.52 Å². The molecule has 0 amide bonds. The van der Waals surface area contributed by atoms with Crippen LogP contribution in [0.25, 0.3) is 22.1 Å². The van der Waals surface area contributed by atoms with Crippen LogP contribution >= 0.6 is 0 Å². The van der Waals surface area contributed by atoms with Crippen molar-refractivity contribution in [3.05, 3.63) is 59.0 Å². The van der Waals surface area contributed by atoms with Crippen molar-refractivity contribution in [1.29, 1.82) is 0 Å². The molecule has 0 aliphatic rings. The summed E-state index contributed by atoms with van der Waals surface area (Å²) in [5.41, 5.74) is 1.06. The van der Waals surface area contributed by atoms with Gasteiger partial charge in [0.1, 0.15) is 17.6 Å². The summed E-state index contributed by atoms with van der Waals surface area (Å²) < 4.78 is 57.5. The molecule has 0 atom stereocenters. The van der Waals surface area contributed by atoms with Crippen molar-refractivity contribution >= 4 is 36.8 Å². The lowest BCUT2D eigenvalue weighted by atomic mass is 10.1. The highest BCUT2D eigenvalue weighted by atomic mass is 32.2. The first kappa shape index (κ1) is 18.9. The molecular formula is C17H15NO7S2. The molecular weight excluding hydrogens is 394 g/mol. The molecule has 1 heterocycles. The second kappa shape index (κ2) is 6.71. The Morgan fingerprint density at radius 2 is 1.63 bits per heavy atom. The predicted molar refractivity (Wildman–Crippen MR) is 102 cm³/mol. The molecule has 0 bridgehead atoms. The topological polar surface area (TPSA) is 120 Å². The summed E-state index contributed by atoms with van der Waals surface area (Å²) in [6.45, 7) is 0. The third-order valence-electron chi connectivity index (χ3n) is 3.49. The second-order valence-corrected chi connectivity index (χ2v) is 9.20. The molecule has 27 heavy (non-hydrogen) atoms. The van der Waals surface area contributed by atoms with Crippen LogP contribution in [-0.4, -0.2) is 29.3 Å². The fourth-order valence-electron chi connectivity index (χ4n) is 2.47. The quantitative estimate of drug-likeness (QED) is 0.641. The van der Waals surface area contributed by atoms with Gasteiger partial charge in [0.25, 0.3) is 0 Å². The van der Waals surface area contributed by atoms with Crippen molar-refractivity contribution in [3.63, 3.8) is 0 Å². The van der Waals surface area contributed by atoms with Crippen LogP contribution in [0, 0.1) is 0 Å². The third-order valence-corrected chi connectivity index (χ3v) is 4.59. The number of nitrogens with one attached hydrogen (secondary N) is 1. The predicted octanol–water partition coefficient (Wildman–Crippen LogP) is 2.17. The molecule has 0 aliphatic carbocycles. The number of fused-ring (bicyclic) bond motifs is 1. The van der Waals surface area contributed by atoms with Crippen molar-refractivity contribution in [1.82, 2.24) is 0 Å². The van der Waals surface area contributed by atoms with Gasteiger partial charge in [-0.25, -0.2) is 8.42 Å². The van der Waals surface area contributed by atoms with E-state index in [1.807, 2.05) is 0 Å². The van der Waals surface area contributed by atoms with Crippen LogP contribution in [-0.2, 0) is 20.1 Å². The molecule has 0 aliphatic heterocycles. The van der Waals surface area contributed by atoms with Crippen molar-refractivity contribution < 1.29 is 25.4 Å². The van der Waals surface area contributed by atoms with Crippen molar-refractivity contribution in [2.45, 2.75) is 0 Å². The van der Waals surface area contributed by atoms with E-state index >= 15 is 0 Å². The van der Waals surface area contributed by atoms with E-state index in [9.17, 15) is 21.6 Å². The van der Waals surface area contributed by atoms with Gasteiger partial charge in [-0.05, 0) is 29.8 Å². The minimum absolute atomic E-state index is 0.0390. The molecule has 2 aromatic carbocycles. The molecule has 0 saturated heterocycles. The van der Waals surface area contributed by atoms with E-state index in [0.717, 1.165) is 12.5 Å². The minimum Gasteiger partial charge on any atom is -0.463 e. The van der Waals surface area contributed by atoms with Gasteiger partial charge in [0.05, 0.1) is 23.5 Å². The second-order valence-electron chi connectivity index (χ2n) is 5.88. The van der Waals surface area contributed by atoms with Gasteiger partial charge in [0.2, 0.25) is 10.0 Å². The van der Waals surface area contributed by atoms with E-state index in [4.69, 9.17) is 8.60 Å². The summed E-state index contributed by atoms with van der Waals surface area (Å²) in [5, 5.41) is 0.256. The van der Waals surface area contributed by atoms with Crippen molar-refractivity contribution in [3.8, 4) is 16.9 Å². The molecule has 10 heteroatoms. The SMILES string of the molecule is CS(=O)(=O)Nc1ccc(-c2coc3cc(OS(C)(=O)=O)ccc3c2=O)cc1. The third kappa shape index (κ3) is 4.66. The van der Waals surface area contributed by atoms with E-state index in [2.05, 4.69) is 4.72 Å². The van der Waals surface area contributed by atoms with Crippen LogP contribution in [0.3, 0.4) is 0 Å². The van der Waals surface area contributed by atoms with E-state index in [0.29, 0.717) is 11.3 Å². The smallest absolute Gasteiger partial charge is 0.306 e. The fourth-order valence-corrected chi connectivity index (χ4v) is 3.48. The monoisotopic (exact) mass is 409 g/mol. The van der Waals surface area contributed by atoms with E-state index in [-0.39, 0.29) is 27.7 Å². The summed E-state index contributed by atoms with van der Waals surface area (Å²) in [4.78, 5) is 12.7. The highest BCUT2D eigenvalue weighted by Gasteiger charge is 2.12. The molecule has 1 N–H and O–H groups in total. The van der Waals surface area contributed by atoms with E-state index in [1.165, 1.54) is 36.6 Å². The highest BCUT2D eigenvalue weighted by molar-refractivity contribution is 7.92. The van der Waals surface area contributed by atoms with Crippen LogP contribution in [0.1, 0.15) is 0 Å². The molecule has 0 radical (unpaired) electrons. The van der Waals surface area contributed by atoms with Gasteiger partial charge in [-0.2, -0.15) is 8.42 Å². The summed E-state index contributed by atoms with van der Waals surface area (Å²) in [5.74, 6) is 0.0390. The summed E-state index contributed by atoms with van der Waals surface area (Å²) >= 11 is 0. The molecule has 0 saturated carbocycles. The van der Waals surface area contributed by atoms with Crippen LogP contribution in [0.2, 0.25) is 0 Å². The standard InChI is InChI=1S/C17H15NO7S2/c1-26(20,21)18-12-5-3-11(4-6-12)15-10-24-16-9-13(25-27(2,22)23)7-8-14(16)17(15)19/h3-10,18H,1-2H3. The largest absolute Gasteiger partial charge is 0.463 e. The van der Waals surface area contributed by atoms with Gasteiger partial charge in [0.15, 0.2) is 5.43 Å². The van der Waals surface area contributed by atoms with Gasteiger partial charge >= 0.3 is 10.1 Å². The lowest BCUT2D eigenvalue weighted by Gasteiger charge is -2.07. The Labute approximate surface area is 155 Å².